The highest BCUT2D eigenvalue weighted by molar-refractivity contribution is 8.00. The van der Waals surface area contributed by atoms with Crippen LogP contribution < -0.4 is 11.1 Å². The van der Waals surface area contributed by atoms with Crippen LogP contribution in [0.25, 0.3) is 0 Å². The van der Waals surface area contributed by atoms with Crippen LogP contribution in [0, 0.1) is 0 Å². The van der Waals surface area contributed by atoms with Crippen molar-refractivity contribution in [2.24, 2.45) is 5.16 Å². The smallest absolute Gasteiger partial charge is 0.356 e. The molecule has 0 saturated carbocycles. The van der Waals surface area contributed by atoms with E-state index in [0.717, 1.165) is 22.5 Å². The molecule has 1 fully saturated rings. The number of ether oxygens (including phenoxy) is 2. The SMILES string of the molecule is C=CC1=C(C(=O)OC(c2ccccc2)c2ccccc2)N2C(=O)C(NC(=O)/C(=N\OC/C=C/C(=O)OC(C)(C)C)c3csc(N)n3)[C@H]2SC1. The standard InChI is InChI=1S/C35H35N5O7S2/c1-5-21-19-48-32-27(38-30(42)26(24-20-49-34(36)37-24)39-45-18-12-17-25(41)47-35(2,3)4)31(43)40(32)28(21)33(44)46-29(22-13-8-6-9-14-22)23-15-10-7-11-16-23/h5-17,20,27,29,32H,1,18-19H2,2-4H3,(H2,36,37)(H,38,42)/b17-12+,39-26-/t27?,32-/m1/s1. The van der Waals surface area contributed by atoms with Crippen molar-refractivity contribution in [1.82, 2.24) is 15.2 Å². The number of benzene rings is 2. The van der Waals surface area contributed by atoms with Crippen LogP contribution in [-0.2, 0) is 33.5 Å². The molecule has 12 nitrogen and oxygen atoms in total. The van der Waals surface area contributed by atoms with Crippen LogP contribution in [-0.4, -0.2) is 68.7 Å². The average Bonchev–Trinajstić information content (AvgIpc) is 3.52. The van der Waals surface area contributed by atoms with Gasteiger partial charge in [0.25, 0.3) is 11.8 Å². The summed E-state index contributed by atoms with van der Waals surface area (Å²) >= 11 is 2.47. The third-order valence-electron chi connectivity index (χ3n) is 7.12. The molecule has 3 N–H and O–H groups in total. The van der Waals surface area contributed by atoms with E-state index in [-0.39, 0.29) is 28.8 Å². The first-order valence-corrected chi connectivity index (χ1v) is 17.1. The second kappa shape index (κ2) is 15.3. The number of anilines is 1. The highest BCUT2D eigenvalue weighted by Gasteiger charge is 2.54. The van der Waals surface area contributed by atoms with Gasteiger partial charge in [-0.3, -0.25) is 14.5 Å². The number of hydrogen-bond acceptors (Lipinski definition) is 12. The number of nitrogens with two attached hydrogens (primary N) is 1. The van der Waals surface area contributed by atoms with Gasteiger partial charge < -0.3 is 25.4 Å². The molecule has 3 aromatic rings. The molecule has 1 saturated heterocycles. The summed E-state index contributed by atoms with van der Waals surface area (Å²) in [6, 6.07) is 17.6. The van der Waals surface area contributed by atoms with Gasteiger partial charge in [-0.25, -0.2) is 14.6 Å². The van der Waals surface area contributed by atoms with Gasteiger partial charge in [-0.05, 0) is 43.5 Å². The van der Waals surface area contributed by atoms with Gasteiger partial charge in [0.05, 0.1) is 0 Å². The van der Waals surface area contributed by atoms with E-state index in [0.29, 0.717) is 11.3 Å². The van der Waals surface area contributed by atoms with Crippen LogP contribution in [0.4, 0.5) is 5.13 Å². The molecule has 2 aromatic carbocycles. The van der Waals surface area contributed by atoms with E-state index in [1.165, 1.54) is 40.3 Å². The van der Waals surface area contributed by atoms with E-state index < -0.39 is 46.9 Å². The largest absolute Gasteiger partial charge is 0.457 e. The van der Waals surface area contributed by atoms with Gasteiger partial charge in [-0.15, -0.1) is 23.1 Å². The maximum atomic E-state index is 13.9. The van der Waals surface area contributed by atoms with Crippen molar-refractivity contribution in [1.29, 1.82) is 0 Å². The number of nitrogen functional groups attached to an aromatic ring is 1. The Kier molecular flexibility index (Phi) is 11.0. The van der Waals surface area contributed by atoms with Crippen molar-refractivity contribution in [2.75, 3.05) is 18.1 Å². The number of rotatable bonds is 12. The zero-order chi connectivity index (χ0) is 35.1. The van der Waals surface area contributed by atoms with E-state index in [1.807, 2.05) is 60.7 Å². The number of amides is 2. The first-order chi connectivity index (χ1) is 23.5. The molecule has 254 valence electrons. The molecule has 2 aliphatic heterocycles. The summed E-state index contributed by atoms with van der Waals surface area (Å²) in [6.07, 6.45) is 3.39. The number of carbonyl (C=O) groups excluding carboxylic acids is 4. The summed E-state index contributed by atoms with van der Waals surface area (Å²) in [7, 11) is 0. The lowest BCUT2D eigenvalue weighted by molar-refractivity contribution is -0.154. The number of allylic oxidation sites excluding steroid dienone is 1. The quantitative estimate of drug-likeness (QED) is 0.0686. The van der Waals surface area contributed by atoms with Crippen molar-refractivity contribution >= 4 is 57.7 Å². The second-order valence-electron chi connectivity index (χ2n) is 11.8. The number of esters is 2. The van der Waals surface area contributed by atoms with Crippen molar-refractivity contribution in [3.63, 3.8) is 0 Å². The van der Waals surface area contributed by atoms with Crippen LogP contribution in [0.5, 0.6) is 0 Å². The molecule has 0 aliphatic carbocycles. The summed E-state index contributed by atoms with van der Waals surface area (Å²) in [5.41, 5.74) is 7.21. The number of aromatic nitrogens is 1. The average molecular weight is 702 g/mol. The minimum atomic E-state index is -0.987. The third kappa shape index (κ3) is 8.45. The fraction of sp³-hybridized carbons (Fsp3) is 0.257. The van der Waals surface area contributed by atoms with Crippen molar-refractivity contribution < 1.29 is 33.5 Å². The van der Waals surface area contributed by atoms with E-state index in [4.69, 9.17) is 20.0 Å². The Balaban J connectivity index is 1.31. The maximum absolute atomic E-state index is 13.9. The fourth-order valence-corrected chi connectivity index (χ4v) is 6.86. The third-order valence-corrected chi connectivity index (χ3v) is 9.10. The number of fused-ring (bicyclic) bond motifs is 1. The van der Waals surface area contributed by atoms with Crippen molar-refractivity contribution in [3.8, 4) is 0 Å². The molecule has 2 aliphatic rings. The Morgan fingerprint density at radius 3 is 2.35 bits per heavy atom. The zero-order valence-electron chi connectivity index (χ0n) is 27.0. The fourth-order valence-electron chi connectivity index (χ4n) is 4.97. The monoisotopic (exact) mass is 701 g/mol. The molecule has 0 radical (unpaired) electrons. The van der Waals surface area contributed by atoms with Gasteiger partial charge in [0.15, 0.2) is 16.9 Å². The molecule has 0 bridgehead atoms. The molecule has 1 unspecified atom stereocenters. The maximum Gasteiger partial charge on any atom is 0.356 e. The summed E-state index contributed by atoms with van der Waals surface area (Å²) in [4.78, 5) is 63.7. The van der Waals surface area contributed by atoms with Gasteiger partial charge in [0.1, 0.15) is 35.0 Å². The van der Waals surface area contributed by atoms with E-state index in [2.05, 4.69) is 22.0 Å². The van der Waals surface area contributed by atoms with Crippen LogP contribution in [0.2, 0.25) is 0 Å². The number of thiazole rings is 1. The van der Waals surface area contributed by atoms with Gasteiger partial charge in [0.2, 0.25) is 0 Å². The van der Waals surface area contributed by atoms with Gasteiger partial charge in [-0.2, -0.15) is 0 Å². The molecule has 14 heteroatoms. The predicted molar refractivity (Wildman–Crippen MR) is 187 cm³/mol. The summed E-state index contributed by atoms with van der Waals surface area (Å²) in [6.45, 7) is 8.94. The van der Waals surface area contributed by atoms with Crippen LogP contribution in [0.15, 0.2) is 107 Å². The minimum absolute atomic E-state index is 0.0763. The molecule has 49 heavy (non-hydrogen) atoms. The first-order valence-electron chi connectivity index (χ1n) is 15.2. The Hall–Kier alpha value is -5.21. The number of nitrogens with one attached hydrogen (secondary N) is 1. The van der Waals surface area contributed by atoms with Crippen LogP contribution in [0.3, 0.4) is 0 Å². The van der Waals surface area contributed by atoms with Crippen LogP contribution >= 0.6 is 23.1 Å². The minimum Gasteiger partial charge on any atom is -0.457 e. The van der Waals surface area contributed by atoms with Crippen LogP contribution in [0.1, 0.15) is 43.7 Å². The normalized spacial score (nSPS) is 17.8. The van der Waals surface area contributed by atoms with E-state index in [9.17, 15) is 19.2 Å². The molecule has 0 spiro atoms. The first kappa shape index (κ1) is 35.1. The molecular weight excluding hydrogens is 667 g/mol. The lowest BCUT2D eigenvalue weighted by Crippen LogP contribution is -2.71. The number of nitrogens with zero attached hydrogens (tertiary/aromatic N) is 3. The Morgan fingerprint density at radius 2 is 1.78 bits per heavy atom. The Bertz CT molecular complexity index is 1780. The molecular formula is C35H35N5O7S2. The Morgan fingerprint density at radius 1 is 1.12 bits per heavy atom. The van der Waals surface area contributed by atoms with Gasteiger partial charge in [-0.1, -0.05) is 78.5 Å². The molecule has 5 rings (SSSR count). The lowest BCUT2D eigenvalue weighted by Gasteiger charge is -2.49. The molecule has 1 aromatic heterocycles. The molecule has 2 atom stereocenters. The van der Waals surface area contributed by atoms with Crippen molar-refractivity contribution in [3.05, 3.63) is 119 Å². The summed E-state index contributed by atoms with van der Waals surface area (Å²) in [5, 5.41) is 7.78. The summed E-state index contributed by atoms with van der Waals surface area (Å²) < 4.78 is 11.3. The number of thioether (sulfide) groups is 1. The highest BCUT2D eigenvalue weighted by Crippen LogP contribution is 2.42. The molecule has 2 amide bonds. The number of carbonyl (C=O) groups is 4. The predicted octanol–water partition coefficient (Wildman–Crippen LogP) is 4.52. The number of β-lactam (4-membered cyclic amide) rings is 1. The van der Waals surface area contributed by atoms with Gasteiger partial charge in [0, 0.05) is 17.2 Å². The second-order valence-corrected chi connectivity index (χ2v) is 13.8. The van der Waals surface area contributed by atoms with Crippen molar-refractivity contribution in [2.45, 2.75) is 43.9 Å². The number of hydrogen-bond donors (Lipinski definition) is 2. The zero-order valence-corrected chi connectivity index (χ0v) is 28.7. The number of oxime groups is 1. The highest BCUT2D eigenvalue weighted by atomic mass is 32.2. The van der Waals surface area contributed by atoms with E-state index >= 15 is 0 Å². The molecule has 3 heterocycles. The van der Waals surface area contributed by atoms with E-state index in [1.54, 1.807) is 20.8 Å². The lowest BCUT2D eigenvalue weighted by atomic mass is 10.0. The summed E-state index contributed by atoms with van der Waals surface area (Å²) in [5.74, 6) is -2.14. The topological polar surface area (TPSA) is 163 Å². The van der Waals surface area contributed by atoms with Gasteiger partial charge >= 0.3 is 11.9 Å². The Labute approximate surface area is 291 Å².